The molecule has 0 saturated carbocycles. The molecule has 0 aliphatic heterocycles. The Balaban J connectivity index is 2.91. The predicted octanol–water partition coefficient (Wildman–Crippen LogP) is -1.01. The van der Waals surface area contributed by atoms with Crippen LogP contribution < -0.4 is 27.0 Å². The molecule has 0 saturated heterocycles. The first-order valence-electron chi connectivity index (χ1n) is 13.3. The van der Waals surface area contributed by atoms with Gasteiger partial charge in [-0.15, -0.1) is 0 Å². The Bertz CT molecular complexity index is 1110. The van der Waals surface area contributed by atoms with E-state index in [2.05, 4.69) is 21.3 Å². The molecule has 0 unspecified atom stereocenters. The minimum atomic E-state index is -1.50. The van der Waals surface area contributed by atoms with Crippen molar-refractivity contribution in [3.8, 4) is 0 Å². The molecule has 15 nitrogen and oxygen atoms in total. The van der Waals surface area contributed by atoms with Crippen molar-refractivity contribution in [2.45, 2.75) is 76.5 Å². The van der Waals surface area contributed by atoms with E-state index in [0.717, 1.165) is 5.56 Å². The first-order chi connectivity index (χ1) is 19.7. The highest BCUT2D eigenvalue weighted by atomic mass is 16.4. The lowest BCUT2D eigenvalue weighted by atomic mass is 10.0. The maximum absolute atomic E-state index is 13.0. The molecule has 15 heteroatoms. The van der Waals surface area contributed by atoms with Gasteiger partial charge in [0.05, 0.1) is 12.6 Å². The normalized spacial score (nSPS) is 13.6. The minimum absolute atomic E-state index is 0.0681. The lowest BCUT2D eigenvalue weighted by molar-refractivity contribution is -0.143. The molecule has 4 amide bonds. The summed E-state index contributed by atoms with van der Waals surface area (Å²) in [5, 5.41) is 36.8. The van der Waals surface area contributed by atoms with Crippen LogP contribution in [0.15, 0.2) is 30.3 Å². The number of amides is 4. The number of benzene rings is 1. The monoisotopic (exact) mass is 593 g/mol. The zero-order valence-corrected chi connectivity index (χ0v) is 23.5. The molecule has 0 heterocycles. The van der Waals surface area contributed by atoms with Gasteiger partial charge in [0.1, 0.15) is 18.1 Å². The van der Waals surface area contributed by atoms with E-state index in [-0.39, 0.29) is 18.8 Å². The molecule has 1 aromatic rings. The van der Waals surface area contributed by atoms with E-state index in [9.17, 15) is 38.7 Å². The largest absolute Gasteiger partial charge is 0.481 e. The number of rotatable bonds is 19. The molecule has 0 spiro atoms. The van der Waals surface area contributed by atoms with Gasteiger partial charge in [0.15, 0.2) is 0 Å². The summed E-state index contributed by atoms with van der Waals surface area (Å²) in [6, 6.07) is 3.67. The summed E-state index contributed by atoms with van der Waals surface area (Å²) in [6.45, 7) is 2.89. The van der Waals surface area contributed by atoms with Crippen LogP contribution in [0.3, 0.4) is 0 Å². The number of aliphatic carboxylic acids is 3. The van der Waals surface area contributed by atoms with Crippen LogP contribution in [0.25, 0.3) is 0 Å². The lowest BCUT2D eigenvalue weighted by Crippen LogP contribution is -2.56. The standard InChI is InChI=1S/C27H39N5O10/c1-15(2)12-20(27(41)42)32-26(40)19(9-11-23(36)37)31-25(39)18(8-10-22(34)35)30-21(33)14-29-24(38)17(28)13-16-6-4-3-5-7-16/h3-7,15,17-20H,8-14,28H2,1-2H3,(H,29,38)(H,30,33)(H,31,39)(H,32,40)(H,34,35)(H,36,37)(H,41,42)/t17-,18-,19-,20-/m0/s1. The smallest absolute Gasteiger partial charge is 0.326 e. The lowest BCUT2D eigenvalue weighted by Gasteiger charge is -2.24. The summed E-state index contributed by atoms with van der Waals surface area (Å²) in [7, 11) is 0. The molecular weight excluding hydrogens is 554 g/mol. The Morgan fingerprint density at radius 2 is 1.24 bits per heavy atom. The average Bonchev–Trinajstić information content (AvgIpc) is 2.91. The van der Waals surface area contributed by atoms with E-state index in [4.69, 9.17) is 15.9 Å². The quantitative estimate of drug-likeness (QED) is 0.0964. The highest BCUT2D eigenvalue weighted by molar-refractivity contribution is 5.94. The van der Waals surface area contributed by atoms with Crippen LogP contribution in [0.2, 0.25) is 0 Å². The molecule has 42 heavy (non-hydrogen) atoms. The van der Waals surface area contributed by atoms with Crippen LogP contribution in [0.1, 0.15) is 51.5 Å². The molecule has 232 valence electrons. The summed E-state index contributed by atoms with van der Waals surface area (Å²) >= 11 is 0. The molecule has 1 rings (SSSR count). The van der Waals surface area contributed by atoms with E-state index < -0.39 is 97.9 Å². The number of nitrogens with one attached hydrogen (secondary N) is 4. The predicted molar refractivity (Wildman–Crippen MR) is 148 cm³/mol. The second-order valence-electron chi connectivity index (χ2n) is 10.1. The fraction of sp³-hybridized carbons (Fsp3) is 0.519. The van der Waals surface area contributed by atoms with E-state index in [1.807, 2.05) is 0 Å². The number of carboxylic acids is 3. The third-order valence-corrected chi connectivity index (χ3v) is 5.96. The Hall–Kier alpha value is -4.53. The van der Waals surface area contributed by atoms with Gasteiger partial charge in [0.2, 0.25) is 23.6 Å². The number of nitrogens with two attached hydrogens (primary N) is 1. The zero-order valence-electron chi connectivity index (χ0n) is 23.5. The van der Waals surface area contributed by atoms with Crippen molar-refractivity contribution in [1.82, 2.24) is 21.3 Å². The number of hydrogen-bond acceptors (Lipinski definition) is 8. The fourth-order valence-corrected chi connectivity index (χ4v) is 3.82. The molecule has 9 N–H and O–H groups in total. The first kappa shape index (κ1) is 35.5. The van der Waals surface area contributed by atoms with Gasteiger partial charge in [0.25, 0.3) is 0 Å². The van der Waals surface area contributed by atoms with Crippen molar-refractivity contribution in [3.05, 3.63) is 35.9 Å². The molecule has 0 aliphatic carbocycles. The van der Waals surface area contributed by atoms with Crippen LogP contribution in [0.4, 0.5) is 0 Å². The van der Waals surface area contributed by atoms with Gasteiger partial charge < -0.3 is 42.3 Å². The Labute approximate surface area is 242 Å². The van der Waals surface area contributed by atoms with Crippen LogP contribution in [0, 0.1) is 5.92 Å². The van der Waals surface area contributed by atoms with Crippen LogP contribution in [-0.2, 0) is 40.0 Å². The Morgan fingerprint density at radius 3 is 1.71 bits per heavy atom. The van der Waals surface area contributed by atoms with Gasteiger partial charge >= 0.3 is 17.9 Å². The second kappa shape index (κ2) is 18.0. The SMILES string of the molecule is CC(C)C[C@H](NC(=O)[C@H](CCC(=O)O)NC(=O)[C@H](CCC(=O)O)NC(=O)CNC(=O)[C@@H](N)Cc1ccccc1)C(=O)O. The molecule has 1 aromatic carbocycles. The van der Waals surface area contributed by atoms with Gasteiger partial charge in [-0.05, 0) is 37.2 Å². The molecule has 0 bridgehead atoms. The van der Waals surface area contributed by atoms with Gasteiger partial charge in [-0.3, -0.25) is 28.8 Å². The van der Waals surface area contributed by atoms with Crippen LogP contribution in [-0.4, -0.2) is 87.6 Å². The minimum Gasteiger partial charge on any atom is -0.481 e. The molecule has 4 atom stereocenters. The third kappa shape index (κ3) is 14.2. The molecule has 0 radical (unpaired) electrons. The van der Waals surface area contributed by atoms with Crippen molar-refractivity contribution in [2.75, 3.05) is 6.54 Å². The highest BCUT2D eigenvalue weighted by Crippen LogP contribution is 2.08. The topological polar surface area (TPSA) is 254 Å². The number of carboxylic acid groups (broad SMARTS) is 3. The van der Waals surface area contributed by atoms with Crippen molar-refractivity contribution in [3.63, 3.8) is 0 Å². The number of carbonyl (C=O) groups excluding carboxylic acids is 4. The Kier molecular flexibility index (Phi) is 15.2. The third-order valence-electron chi connectivity index (χ3n) is 5.96. The molecule has 0 fully saturated rings. The maximum Gasteiger partial charge on any atom is 0.326 e. The maximum atomic E-state index is 13.0. The summed E-state index contributed by atoms with van der Waals surface area (Å²) in [5.41, 5.74) is 6.69. The van der Waals surface area contributed by atoms with Crippen LogP contribution in [0.5, 0.6) is 0 Å². The molecule has 0 aliphatic rings. The van der Waals surface area contributed by atoms with E-state index in [1.54, 1.807) is 44.2 Å². The Morgan fingerprint density at radius 1 is 0.738 bits per heavy atom. The molecular formula is C27H39N5O10. The highest BCUT2D eigenvalue weighted by Gasteiger charge is 2.30. The fourth-order valence-electron chi connectivity index (χ4n) is 3.82. The molecule has 0 aromatic heterocycles. The summed E-state index contributed by atoms with van der Waals surface area (Å²) in [6.07, 6.45) is -1.63. The van der Waals surface area contributed by atoms with E-state index in [1.165, 1.54) is 0 Å². The summed E-state index contributed by atoms with van der Waals surface area (Å²) in [4.78, 5) is 84.6. The average molecular weight is 594 g/mol. The number of hydrogen-bond donors (Lipinski definition) is 8. The van der Waals surface area contributed by atoms with Crippen LogP contribution >= 0.6 is 0 Å². The second-order valence-corrected chi connectivity index (χ2v) is 10.1. The van der Waals surface area contributed by atoms with Gasteiger partial charge in [0, 0.05) is 12.8 Å². The van der Waals surface area contributed by atoms with Crippen molar-refractivity contribution in [1.29, 1.82) is 0 Å². The van der Waals surface area contributed by atoms with Crippen molar-refractivity contribution >= 4 is 41.5 Å². The number of carbonyl (C=O) groups is 7. The van der Waals surface area contributed by atoms with Crippen molar-refractivity contribution in [2.24, 2.45) is 11.7 Å². The van der Waals surface area contributed by atoms with Crippen molar-refractivity contribution < 1.29 is 48.9 Å². The summed E-state index contributed by atoms with van der Waals surface area (Å²) in [5.74, 6) is -7.44. The van der Waals surface area contributed by atoms with E-state index >= 15 is 0 Å². The van der Waals surface area contributed by atoms with E-state index in [0.29, 0.717) is 0 Å². The zero-order chi connectivity index (χ0) is 31.8. The first-order valence-corrected chi connectivity index (χ1v) is 13.3. The van der Waals surface area contributed by atoms with Gasteiger partial charge in [-0.25, -0.2) is 4.79 Å². The summed E-state index contributed by atoms with van der Waals surface area (Å²) < 4.78 is 0. The van der Waals surface area contributed by atoms with Gasteiger partial charge in [-0.1, -0.05) is 44.2 Å². The van der Waals surface area contributed by atoms with Gasteiger partial charge in [-0.2, -0.15) is 0 Å².